The standard InChI is InChI=1S/C16H19NO3/c1-13(10-17-11-15-8-5-9-19-15)16(18)20-12-14-6-3-2-4-7-14/h2-9,13,17H,10-12H2,1H3. The molecule has 20 heavy (non-hydrogen) atoms. The van der Waals surface area contributed by atoms with E-state index in [4.69, 9.17) is 9.15 Å². The third kappa shape index (κ3) is 4.55. The van der Waals surface area contributed by atoms with E-state index in [2.05, 4.69) is 5.32 Å². The van der Waals surface area contributed by atoms with Gasteiger partial charge in [0.2, 0.25) is 0 Å². The molecule has 4 nitrogen and oxygen atoms in total. The summed E-state index contributed by atoms with van der Waals surface area (Å²) in [5.41, 5.74) is 0.997. The lowest BCUT2D eigenvalue weighted by molar-refractivity contribution is -0.149. The van der Waals surface area contributed by atoms with Crippen LogP contribution in [0.3, 0.4) is 0 Å². The topological polar surface area (TPSA) is 51.5 Å². The fourth-order valence-corrected chi connectivity index (χ4v) is 1.78. The summed E-state index contributed by atoms with van der Waals surface area (Å²) < 4.78 is 10.5. The minimum atomic E-state index is -0.194. The van der Waals surface area contributed by atoms with Gasteiger partial charge in [0.15, 0.2) is 0 Å². The van der Waals surface area contributed by atoms with E-state index in [0.717, 1.165) is 11.3 Å². The van der Waals surface area contributed by atoms with E-state index < -0.39 is 0 Å². The van der Waals surface area contributed by atoms with Gasteiger partial charge < -0.3 is 14.5 Å². The van der Waals surface area contributed by atoms with Gasteiger partial charge in [-0.1, -0.05) is 37.3 Å². The van der Waals surface area contributed by atoms with Crippen molar-refractivity contribution >= 4 is 5.97 Å². The molecule has 1 aromatic heterocycles. The lowest BCUT2D eigenvalue weighted by Gasteiger charge is -2.12. The molecule has 106 valence electrons. The van der Waals surface area contributed by atoms with Gasteiger partial charge in [-0.25, -0.2) is 0 Å². The first kappa shape index (κ1) is 14.3. The van der Waals surface area contributed by atoms with Crippen LogP contribution >= 0.6 is 0 Å². The van der Waals surface area contributed by atoms with Crippen LogP contribution in [0.2, 0.25) is 0 Å². The van der Waals surface area contributed by atoms with Crippen LogP contribution in [0.1, 0.15) is 18.2 Å². The number of hydrogen-bond donors (Lipinski definition) is 1. The van der Waals surface area contributed by atoms with Crippen LogP contribution in [-0.2, 0) is 22.7 Å². The molecule has 1 N–H and O–H groups in total. The molecule has 1 atom stereocenters. The maximum Gasteiger partial charge on any atom is 0.310 e. The zero-order chi connectivity index (χ0) is 14.2. The van der Waals surface area contributed by atoms with Gasteiger partial charge in [-0.15, -0.1) is 0 Å². The van der Waals surface area contributed by atoms with Crippen molar-refractivity contribution < 1.29 is 13.9 Å². The Morgan fingerprint density at radius 3 is 2.75 bits per heavy atom. The van der Waals surface area contributed by atoms with Crippen molar-refractivity contribution in [2.24, 2.45) is 5.92 Å². The number of nitrogens with one attached hydrogen (secondary N) is 1. The van der Waals surface area contributed by atoms with Crippen molar-refractivity contribution in [2.45, 2.75) is 20.1 Å². The van der Waals surface area contributed by atoms with Gasteiger partial charge in [0, 0.05) is 6.54 Å². The van der Waals surface area contributed by atoms with Crippen LogP contribution in [0, 0.1) is 5.92 Å². The van der Waals surface area contributed by atoms with Crippen LogP contribution < -0.4 is 5.32 Å². The Morgan fingerprint density at radius 2 is 2.05 bits per heavy atom. The normalized spacial score (nSPS) is 12.1. The number of ether oxygens (including phenoxy) is 1. The highest BCUT2D eigenvalue weighted by molar-refractivity contribution is 5.72. The van der Waals surface area contributed by atoms with E-state index in [9.17, 15) is 4.79 Å². The SMILES string of the molecule is CC(CNCc1ccco1)C(=O)OCc1ccccc1. The highest BCUT2D eigenvalue weighted by Crippen LogP contribution is 2.05. The van der Waals surface area contributed by atoms with Gasteiger partial charge in [-0.3, -0.25) is 4.79 Å². The molecule has 0 aliphatic rings. The van der Waals surface area contributed by atoms with Crippen LogP contribution in [0.4, 0.5) is 0 Å². The molecule has 0 saturated heterocycles. The molecule has 0 aliphatic carbocycles. The fourth-order valence-electron chi connectivity index (χ4n) is 1.78. The molecule has 0 aliphatic heterocycles. The van der Waals surface area contributed by atoms with Crippen LogP contribution in [0.25, 0.3) is 0 Å². The zero-order valence-corrected chi connectivity index (χ0v) is 11.5. The number of rotatable bonds is 7. The number of carbonyl (C=O) groups excluding carboxylic acids is 1. The fraction of sp³-hybridized carbons (Fsp3) is 0.312. The maximum absolute atomic E-state index is 11.8. The Morgan fingerprint density at radius 1 is 1.25 bits per heavy atom. The van der Waals surface area contributed by atoms with Gasteiger partial charge in [0.1, 0.15) is 12.4 Å². The van der Waals surface area contributed by atoms with E-state index in [1.165, 1.54) is 0 Å². The largest absolute Gasteiger partial charge is 0.468 e. The number of furan rings is 1. The van der Waals surface area contributed by atoms with Crippen molar-refractivity contribution in [3.8, 4) is 0 Å². The van der Waals surface area contributed by atoms with Crippen LogP contribution in [0.5, 0.6) is 0 Å². The molecule has 0 bridgehead atoms. The minimum absolute atomic E-state index is 0.186. The van der Waals surface area contributed by atoms with E-state index in [0.29, 0.717) is 19.7 Å². The molecule has 4 heteroatoms. The van der Waals surface area contributed by atoms with Gasteiger partial charge in [-0.2, -0.15) is 0 Å². The molecule has 0 saturated carbocycles. The maximum atomic E-state index is 11.8. The number of esters is 1. The van der Waals surface area contributed by atoms with Gasteiger partial charge in [-0.05, 0) is 17.7 Å². The first-order valence-electron chi connectivity index (χ1n) is 6.69. The van der Waals surface area contributed by atoms with Crippen LogP contribution in [0.15, 0.2) is 53.1 Å². The zero-order valence-electron chi connectivity index (χ0n) is 11.5. The molecular formula is C16H19NO3. The summed E-state index contributed by atoms with van der Waals surface area (Å²) in [6, 6.07) is 13.4. The average molecular weight is 273 g/mol. The molecule has 1 unspecified atom stereocenters. The molecule has 1 heterocycles. The minimum Gasteiger partial charge on any atom is -0.468 e. The van der Waals surface area contributed by atoms with Crippen molar-refractivity contribution in [3.05, 3.63) is 60.1 Å². The number of benzene rings is 1. The van der Waals surface area contributed by atoms with E-state index in [1.807, 2.05) is 49.4 Å². The Kier molecular flexibility index (Phi) is 5.38. The smallest absolute Gasteiger partial charge is 0.310 e. The second-order valence-corrected chi connectivity index (χ2v) is 4.70. The molecule has 2 aromatic rings. The predicted molar refractivity (Wildman–Crippen MR) is 75.8 cm³/mol. The molecular weight excluding hydrogens is 254 g/mol. The first-order valence-corrected chi connectivity index (χ1v) is 6.69. The summed E-state index contributed by atoms with van der Waals surface area (Å²) in [5, 5.41) is 3.17. The number of hydrogen-bond acceptors (Lipinski definition) is 4. The summed E-state index contributed by atoms with van der Waals surface area (Å²) in [5.74, 6) is 0.476. The summed E-state index contributed by atoms with van der Waals surface area (Å²) in [4.78, 5) is 11.8. The van der Waals surface area contributed by atoms with Crippen molar-refractivity contribution in [2.75, 3.05) is 6.54 Å². The lowest BCUT2D eigenvalue weighted by Crippen LogP contribution is -2.27. The number of carbonyl (C=O) groups is 1. The lowest BCUT2D eigenvalue weighted by atomic mass is 10.2. The molecule has 2 rings (SSSR count). The van der Waals surface area contributed by atoms with E-state index in [1.54, 1.807) is 6.26 Å². The summed E-state index contributed by atoms with van der Waals surface area (Å²) in [6.07, 6.45) is 1.63. The second-order valence-electron chi connectivity index (χ2n) is 4.70. The molecule has 0 spiro atoms. The average Bonchev–Trinajstić information content (AvgIpc) is 2.99. The second kappa shape index (κ2) is 7.50. The summed E-state index contributed by atoms with van der Waals surface area (Å²) >= 11 is 0. The Labute approximate surface area is 118 Å². The third-order valence-corrected chi connectivity index (χ3v) is 2.96. The molecule has 0 fully saturated rings. The summed E-state index contributed by atoms with van der Waals surface area (Å²) in [7, 11) is 0. The van der Waals surface area contributed by atoms with Gasteiger partial charge >= 0.3 is 5.97 Å². The van der Waals surface area contributed by atoms with Crippen LogP contribution in [-0.4, -0.2) is 12.5 Å². The quantitative estimate of drug-likeness (QED) is 0.788. The highest BCUT2D eigenvalue weighted by Gasteiger charge is 2.14. The van der Waals surface area contributed by atoms with E-state index >= 15 is 0 Å². The summed E-state index contributed by atoms with van der Waals surface area (Å²) in [6.45, 7) is 3.35. The molecule has 0 radical (unpaired) electrons. The van der Waals surface area contributed by atoms with Crippen molar-refractivity contribution in [3.63, 3.8) is 0 Å². The van der Waals surface area contributed by atoms with E-state index in [-0.39, 0.29) is 11.9 Å². The highest BCUT2D eigenvalue weighted by atomic mass is 16.5. The third-order valence-electron chi connectivity index (χ3n) is 2.96. The molecule has 1 aromatic carbocycles. The van der Waals surface area contributed by atoms with Crippen molar-refractivity contribution in [1.29, 1.82) is 0 Å². The Bertz CT molecular complexity index is 508. The monoisotopic (exact) mass is 273 g/mol. The van der Waals surface area contributed by atoms with Gasteiger partial charge in [0.25, 0.3) is 0 Å². The predicted octanol–water partition coefficient (Wildman–Crippen LogP) is 2.75. The van der Waals surface area contributed by atoms with Crippen molar-refractivity contribution in [1.82, 2.24) is 5.32 Å². The molecule has 0 amide bonds. The van der Waals surface area contributed by atoms with Gasteiger partial charge in [0.05, 0.1) is 18.7 Å². The Hall–Kier alpha value is -2.07. The first-order chi connectivity index (χ1) is 9.75. The Balaban J connectivity index is 1.66.